The van der Waals surface area contributed by atoms with Crippen LogP contribution in [0.1, 0.15) is 29.4 Å². The number of para-hydroxylation sites is 1. The molecule has 128 valence electrons. The van der Waals surface area contributed by atoms with Gasteiger partial charge >= 0.3 is 0 Å². The molecule has 0 radical (unpaired) electrons. The van der Waals surface area contributed by atoms with E-state index >= 15 is 0 Å². The van der Waals surface area contributed by atoms with Crippen LogP contribution in [0.2, 0.25) is 0 Å². The molecule has 0 bridgehead atoms. The van der Waals surface area contributed by atoms with Gasteiger partial charge in [0.25, 0.3) is 5.91 Å². The summed E-state index contributed by atoms with van der Waals surface area (Å²) in [5.74, 6) is 0.0269. The maximum absolute atomic E-state index is 12.8. The second-order valence-electron chi connectivity index (χ2n) is 6.08. The number of benzene rings is 1. The fourth-order valence-electron chi connectivity index (χ4n) is 3.12. The molecule has 1 saturated heterocycles. The Morgan fingerprint density at radius 2 is 2.04 bits per heavy atom. The standard InChI is InChI=1S/C17H21N3O3S/c1-3-16-15(11-18-20(16)13-7-5-4-6-8-13)17(21)19(2)14-9-10-24(22,23)12-14/h4-8,11,14H,3,9-10,12H2,1-2H3. The van der Waals surface area contributed by atoms with Crippen LogP contribution in [0.15, 0.2) is 36.5 Å². The number of rotatable bonds is 4. The van der Waals surface area contributed by atoms with E-state index in [4.69, 9.17) is 0 Å². The maximum atomic E-state index is 12.8. The zero-order chi connectivity index (χ0) is 17.3. The molecule has 0 spiro atoms. The summed E-state index contributed by atoms with van der Waals surface area (Å²) in [5, 5.41) is 4.37. The van der Waals surface area contributed by atoms with Crippen molar-refractivity contribution >= 4 is 15.7 Å². The highest BCUT2D eigenvalue weighted by Crippen LogP contribution is 2.21. The first-order chi connectivity index (χ1) is 11.4. The average molecular weight is 347 g/mol. The molecule has 3 rings (SSSR count). The van der Waals surface area contributed by atoms with Crippen LogP contribution in [0.4, 0.5) is 0 Å². The molecule has 7 heteroatoms. The zero-order valence-corrected chi connectivity index (χ0v) is 14.7. The molecular formula is C17H21N3O3S. The van der Waals surface area contributed by atoms with Crippen molar-refractivity contribution in [2.75, 3.05) is 18.6 Å². The maximum Gasteiger partial charge on any atom is 0.257 e. The summed E-state index contributed by atoms with van der Waals surface area (Å²) in [6.07, 6.45) is 2.74. The Kier molecular flexibility index (Phi) is 4.45. The Balaban J connectivity index is 1.89. The number of aromatic nitrogens is 2. The van der Waals surface area contributed by atoms with Crippen LogP contribution in [-0.2, 0) is 16.3 Å². The molecule has 0 aliphatic carbocycles. The van der Waals surface area contributed by atoms with E-state index in [1.807, 2.05) is 37.3 Å². The Labute approximate surface area is 142 Å². The molecule has 1 aliphatic rings. The Morgan fingerprint density at radius 1 is 1.33 bits per heavy atom. The van der Waals surface area contributed by atoms with Crippen molar-refractivity contribution in [3.05, 3.63) is 47.8 Å². The van der Waals surface area contributed by atoms with Gasteiger partial charge in [0.2, 0.25) is 0 Å². The van der Waals surface area contributed by atoms with E-state index in [0.29, 0.717) is 18.4 Å². The minimum atomic E-state index is -3.02. The van der Waals surface area contributed by atoms with Crippen LogP contribution >= 0.6 is 0 Å². The van der Waals surface area contributed by atoms with Crippen LogP contribution in [0.25, 0.3) is 5.69 Å². The number of carbonyl (C=O) groups is 1. The highest BCUT2D eigenvalue weighted by molar-refractivity contribution is 7.91. The average Bonchev–Trinajstić information content (AvgIpc) is 3.17. The molecule has 1 amide bonds. The summed E-state index contributed by atoms with van der Waals surface area (Å²) in [6.45, 7) is 1.98. The lowest BCUT2D eigenvalue weighted by Gasteiger charge is -2.23. The molecule has 1 aromatic heterocycles. The van der Waals surface area contributed by atoms with Gasteiger partial charge in [0.1, 0.15) is 0 Å². The van der Waals surface area contributed by atoms with E-state index in [9.17, 15) is 13.2 Å². The van der Waals surface area contributed by atoms with Crippen LogP contribution in [-0.4, -0.2) is 53.6 Å². The monoisotopic (exact) mass is 347 g/mol. The van der Waals surface area contributed by atoms with Gasteiger partial charge in [0.05, 0.1) is 34.6 Å². The molecule has 6 nitrogen and oxygen atoms in total. The molecule has 1 aliphatic heterocycles. The molecular weight excluding hydrogens is 326 g/mol. The number of hydrogen-bond acceptors (Lipinski definition) is 4. The first-order valence-corrected chi connectivity index (χ1v) is 9.85. The van der Waals surface area contributed by atoms with Crippen molar-refractivity contribution in [3.63, 3.8) is 0 Å². The molecule has 24 heavy (non-hydrogen) atoms. The van der Waals surface area contributed by atoms with Crippen LogP contribution in [0.5, 0.6) is 0 Å². The number of hydrogen-bond donors (Lipinski definition) is 0. The first kappa shape index (κ1) is 16.7. The summed E-state index contributed by atoms with van der Waals surface area (Å²) in [4.78, 5) is 14.4. The fourth-order valence-corrected chi connectivity index (χ4v) is 4.90. The molecule has 1 unspecified atom stereocenters. The normalized spacial score (nSPS) is 19.3. The van der Waals surface area contributed by atoms with E-state index in [-0.39, 0.29) is 23.5 Å². The van der Waals surface area contributed by atoms with E-state index in [1.165, 1.54) is 0 Å². The van der Waals surface area contributed by atoms with Crippen molar-refractivity contribution < 1.29 is 13.2 Å². The molecule has 0 saturated carbocycles. The molecule has 1 aromatic carbocycles. The molecule has 1 fully saturated rings. The van der Waals surface area contributed by atoms with Crippen molar-refractivity contribution in [1.82, 2.24) is 14.7 Å². The van der Waals surface area contributed by atoms with E-state index < -0.39 is 9.84 Å². The Bertz CT molecular complexity index is 843. The van der Waals surface area contributed by atoms with Gasteiger partial charge in [0.15, 0.2) is 9.84 Å². The van der Waals surface area contributed by atoms with Gasteiger partial charge in [0, 0.05) is 13.1 Å². The highest BCUT2D eigenvalue weighted by Gasteiger charge is 2.34. The van der Waals surface area contributed by atoms with Gasteiger partial charge in [-0.25, -0.2) is 13.1 Å². The van der Waals surface area contributed by atoms with Crippen LogP contribution < -0.4 is 0 Å². The van der Waals surface area contributed by atoms with Gasteiger partial charge in [-0.3, -0.25) is 4.79 Å². The zero-order valence-electron chi connectivity index (χ0n) is 13.8. The SMILES string of the molecule is CCc1c(C(=O)N(C)C2CCS(=O)(=O)C2)cnn1-c1ccccc1. The fraction of sp³-hybridized carbons (Fsp3) is 0.412. The van der Waals surface area contributed by atoms with E-state index in [2.05, 4.69) is 5.10 Å². The highest BCUT2D eigenvalue weighted by atomic mass is 32.2. The van der Waals surface area contributed by atoms with Crippen molar-refractivity contribution in [2.24, 2.45) is 0 Å². The van der Waals surface area contributed by atoms with Crippen LogP contribution in [0, 0.1) is 0 Å². The smallest absolute Gasteiger partial charge is 0.257 e. The summed E-state index contributed by atoms with van der Waals surface area (Å²) in [7, 11) is -1.35. The summed E-state index contributed by atoms with van der Waals surface area (Å²) >= 11 is 0. The predicted molar refractivity (Wildman–Crippen MR) is 92.1 cm³/mol. The largest absolute Gasteiger partial charge is 0.338 e. The van der Waals surface area contributed by atoms with E-state index in [0.717, 1.165) is 11.4 Å². The Hall–Kier alpha value is -2.15. The summed E-state index contributed by atoms with van der Waals surface area (Å²) < 4.78 is 25.1. The van der Waals surface area contributed by atoms with Crippen LogP contribution in [0.3, 0.4) is 0 Å². The second-order valence-corrected chi connectivity index (χ2v) is 8.31. The minimum absolute atomic E-state index is 0.0452. The third-order valence-corrected chi connectivity index (χ3v) is 6.26. The van der Waals surface area contributed by atoms with Gasteiger partial charge in [-0.2, -0.15) is 5.10 Å². The number of nitrogens with zero attached hydrogens (tertiary/aromatic N) is 3. The van der Waals surface area contributed by atoms with Gasteiger partial charge in [-0.15, -0.1) is 0 Å². The van der Waals surface area contributed by atoms with Gasteiger partial charge in [-0.05, 0) is 25.0 Å². The molecule has 0 N–H and O–H groups in total. The van der Waals surface area contributed by atoms with Crippen molar-refractivity contribution in [2.45, 2.75) is 25.8 Å². The lowest BCUT2D eigenvalue weighted by molar-refractivity contribution is 0.0746. The van der Waals surface area contributed by atoms with E-state index in [1.54, 1.807) is 22.8 Å². The second kappa shape index (κ2) is 6.39. The van der Waals surface area contributed by atoms with Gasteiger partial charge in [-0.1, -0.05) is 25.1 Å². The number of amides is 1. The quantitative estimate of drug-likeness (QED) is 0.844. The Morgan fingerprint density at radius 3 is 2.62 bits per heavy atom. The van der Waals surface area contributed by atoms with Crippen molar-refractivity contribution in [3.8, 4) is 5.69 Å². The lowest BCUT2D eigenvalue weighted by atomic mass is 10.1. The third-order valence-electron chi connectivity index (χ3n) is 4.51. The van der Waals surface area contributed by atoms with Crippen molar-refractivity contribution in [1.29, 1.82) is 0 Å². The topological polar surface area (TPSA) is 72.3 Å². The summed E-state index contributed by atoms with van der Waals surface area (Å²) in [6, 6.07) is 9.40. The summed E-state index contributed by atoms with van der Waals surface area (Å²) in [5.41, 5.74) is 2.27. The minimum Gasteiger partial charge on any atom is -0.338 e. The predicted octanol–water partition coefficient (Wildman–Crippen LogP) is 1.69. The molecule has 1 atom stereocenters. The lowest BCUT2D eigenvalue weighted by Crippen LogP contribution is -2.38. The molecule has 2 aromatic rings. The number of sulfone groups is 1. The number of carbonyl (C=O) groups excluding carboxylic acids is 1. The first-order valence-electron chi connectivity index (χ1n) is 8.03. The van der Waals surface area contributed by atoms with Gasteiger partial charge < -0.3 is 4.90 Å². The third kappa shape index (κ3) is 3.08. The molecule has 2 heterocycles.